The number of carbonyl (C=O) groups is 4. The molecule has 0 aromatic carbocycles. The van der Waals surface area contributed by atoms with Crippen molar-refractivity contribution in [1.82, 2.24) is 0 Å². The van der Waals surface area contributed by atoms with Gasteiger partial charge in [-0.05, 0) is 12.3 Å². The number of esters is 4. The molecule has 6 rings (SSSR count). The normalized spacial score (nSPS) is 56.4. The summed E-state index contributed by atoms with van der Waals surface area (Å²) in [6.45, 7) is 7.80. The van der Waals surface area contributed by atoms with Crippen molar-refractivity contribution in [1.29, 1.82) is 0 Å². The van der Waals surface area contributed by atoms with Crippen molar-refractivity contribution in [3.05, 3.63) is 0 Å². The quantitative estimate of drug-likeness (QED) is 0.282. The molecule has 12 heteroatoms. The van der Waals surface area contributed by atoms with Gasteiger partial charge in [-0.15, -0.1) is 0 Å². The van der Waals surface area contributed by atoms with Gasteiger partial charge in [0.25, 0.3) is 0 Å². The Bertz CT molecular complexity index is 1060. The molecule has 0 radical (unpaired) electrons. The van der Waals surface area contributed by atoms with Crippen LogP contribution in [-0.2, 0) is 42.9 Å². The summed E-state index contributed by atoms with van der Waals surface area (Å²) in [6, 6.07) is 0. The van der Waals surface area contributed by atoms with E-state index in [1.807, 2.05) is 0 Å². The van der Waals surface area contributed by atoms with Crippen LogP contribution in [0.3, 0.4) is 0 Å². The fourth-order valence-corrected chi connectivity index (χ4v) is 8.54. The highest BCUT2D eigenvalue weighted by Crippen LogP contribution is 2.84. The molecule has 0 aromatic heterocycles. The molecule has 186 valence electrons. The van der Waals surface area contributed by atoms with Crippen molar-refractivity contribution in [2.45, 2.75) is 82.6 Å². The lowest BCUT2D eigenvalue weighted by atomic mass is 9.51. The minimum atomic E-state index is -2.44. The standard InChI is InChI=1S/C22H26O12/c1-6-14(26)31-13-10(24)20-12-8(30-7(2)23)9(18(3,4)5)19(20)11(25)15(27)33-17(19)34-22(20,16(28)32-12)21(6,13)29/h6,8-13,17,24-25,29H,1-5H3/t6-,8-,9+,10-,11+,12-,13+,17+,19+,20-,21-,22-/m1/s1. The van der Waals surface area contributed by atoms with Crippen LogP contribution in [0.25, 0.3) is 0 Å². The number of aliphatic hydroxyl groups excluding tert-OH is 2. The maximum absolute atomic E-state index is 13.6. The van der Waals surface area contributed by atoms with Gasteiger partial charge in [0.05, 0.1) is 16.7 Å². The van der Waals surface area contributed by atoms with Crippen molar-refractivity contribution < 1.29 is 58.2 Å². The smallest absolute Gasteiger partial charge is 0.343 e. The Hall–Kier alpha value is -2.28. The average molecular weight is 482 g/mol. The second-order valence-corrected chi connectivity index (χ2v) is 11.4. The predicted octanol–water partition coefficient (Wildman–Crippen LogP) is -1.83. The summed E-state index contributed by atoms with van der Waals surface area (Å²) in [4.78, 5) is 51.1. The zero-order valence-electron chi connectivity index (χ0n) is 19.1. The van der Waals surface area contributed by atoms with Crippen LogP contribution in [0, 0.1) is 28.1 Å². The molecule has 0 amide bonds. The molecular weight excluding hydrogens is 456 g/mol. The zero-order chi connectivity index (χ0) is 25.0. The molecule has 2 aliphatic carbocycles. The Morgan fingerprint density at radius 1 is 1.03 bits per heavy atom. The summed E-state index contributed by atoms with van der Waals surface area (Å²) in [5.74, 6) is -6.02. The number of fused-ring (bicyclic) bond motifs is 1. The molecule has 4 aliphatic heterocycles. The predicted molar refractivity (Wildman–Crippen MR) is 103 cm³/mol. The van der Waals surface area contributed by atoms with E-state index in [1.165, 1.54) is 6.92 Å². The Morgan fingerprint density at radius 2 is 1.68 bits per heavy atom. The number of hydrogen-bond acceptors (Lipinski definition) is 12. The van der Waals surface area contributed by atoms with Gasteiger partial charge in [-0.25, -0.2) is 9.59 Å². The molecule has 12 nitrogen and oxygen atoms in total. The van der Waals surface area contributed by atoms with Crippen molar-refractivity contribution in [3.63, 3.8) is 0 Å². The molecule has 0 aromatic rings. The SMILES string of the molecule is CC(=O)O[C@H]1[C@H]2OC(=O)[C@@]34O[C@@H]5OC(=O)[C@H](O)[C@]5([C@@H]1C(C)(C)C)[C@@]23[C@H](O)[C@@H]1OC(=O)[C@@H](C)[C@@]14O. The Kier molecular flexibility index (Phi) is 3.75. The minimum Gasteiger partial charge on any atom is -0.458 e. The van der Waals surface area contributed by atoms with Crippen molar-refractivity contribution >= 4 is 23.9 Å². The van der Waals surface area contributed by atoms with E-state index in [2.05, 4.69) is 0 Å². The van der Waals surface area contributed by atoms with Gasteiger partial charge in [-0.1, -0.05) is 20.8 Å². The molecule has 6 aliphatic rings. The average Bonchev–Trinajstić information content (AvgIpc) is 3.41. The van der Waals surface area contributed by atoms with E-state index in [4.69, 9.17) is 23.7 Å². The molecule has 0 bridgehead atoms. The van der Waals surface area contributed by atoms with Crippen LogP contribution >= 0.6 is 0 Å². The summed E-state index contributed by atoms with van der Waals surface area (Å²) < 4.78 is 28.2. The zero-order valence-corrected chi connectivity index (χ0v) is 19.1. The van der Waals surface area contributed by atoms with Gasteiger partial charge in [0.15, 0.2) is 23.9 Å². The first-order chi connectivity index (χ1) is 15.7. The van der Waals surface area contributed by atoms with Crippen LogP contribution in [-0.4, -0.2) is 87.2 Å². The third-order valence-electron chi connectivity index (χ3n) is 9.23. The number of ether oxygens (including phenoxy) is 5. The molecule has 3 N–H and O–H groups in total. The van der Waals surface area contributed by atoms with Gasteiger partial charge < -0.3 is 39.0 Å². The molecule has 6 fully saturated rings. The first kappa shape index (κ1) is 22.2. The van der Waals surface area contributed by atoms with Crippen LogP contribution in [0.1, 0.15) is 34.6 Å². The fraction of sp³-hybridized carbons (Fsp3) is 0.818. The molecule has 0 unspecified atom stereocenters. The van der Waals surface area contributed by atoms with Gasteiger partial charge in [0.1, 0.15) is 12.2 Å². The van der Waals surface area contributed by atoms with Gasteiger partial charge in [0, 0.05) is 12.8 Å². The van der Waals surface area contributed by atoms with E-state index in [0.29, 0.717) is 0 Å². The second kappa shape index (κ2) is 5.75. The largest absolute Gasteiger partial charge is 0.458 e. The molecular formula is C22H26O12. The van der Waals surface area contributed by atoms with Crippen LogP contribution in [0.5, 0.6) is 0 Å². The van der Waals surface area contributed by atoms with E-state index >= 15 is 0 Å². The lowest BCUT2D eigenvalue weighted by molar-refractivity contribution is -0.240. The van der Waals surface area contributed by atoms with E-state index in [1.54, 1.807) is 20.8 Å². The molecule has 34 heavy (non-hydrogen) atoms. The topological polar surface area (TPSA) is 175 Å². The van der Waals surface area contributed by atoms with E-state index in [0.717, 1.165) is 6.92 Å². The van der Waals surface area contributed by atoms with Crippen LogP contribution in [0.15, 0.2) is 0 Å². The fourth-order valence-electron chi connectivity index (χ4n) is 8.54. The van der Waals surface area contributed by atoms with E-state index in [-0.39, 0.29) is 0 Å². The third kappa shape index (κ3) is 1.71. The highest BCUT2D eigenvalue weighted by Gasteiger charge is 3.05. The van der Waals surface area contributed by atoms with Crippen molar-refractivity contribution in [2.24, 2.45) is 28.1 Å². The summed E-state index contributed by atoms with van der Waals surface area (Å²) in [5, 5.41) is 35.3. The summed E-state index contributed by atoms with van der Waals surface area (Å²) in [7, 11) is 0. The highest BCUT2D eigenvalue weighted by atomic mass is 16.8. The lowest BCUT2D eigenvalue weighted by Crippen LogP contribution is -2.67. The molecule has 4 heterocycles. The molecule has 12 atom stereocenters. The van der Waals surface area contributed by atoms with Crippen molar-refractivity contribution in [2.75, 3.05) is 0 Å². The van der Waals surface area contributed by atoms with Gasteiger partial charge in [-0.3, -0.25) is 9.59 Å². The van der Waals surface area contributed by atoms with E-state index < -0.39 is 100.0 Å². The monoisotopic (exact) mass is 482 g/mol. The van der Waals surface area contributed by atoms with Gasteiger partial charge in [0.2, 0.25) is 11.9 Å². The summed E-state index contributed by atoms with van der Waals surface area (Å²) in [6.07, 6.45) is -9.65. The van der Waals surface area contributed by atoms with Crippen LogP contribution in [0.2, 0.25) is 0 Å². The second-order valence-electron chi connectivity index (χ2n) is 11.4. The molecule has 2 saturated carbocycles. The minimum absolute atomic E-state index is 0.719. The van der Waals surface area contributed by atoms with Crippen molar-refractivity contribution in [3.8, 4) is 0 Å². The Morgan fingerprint density at radius 3 is 2.26 bits per heavy atom. The first-order valence-corrected chi connectivity index (χ1v) is 11.2. The maximum Gasteiger partial charge on any atom is 0.343 e. The summed E-state index contributed by atoms with van der Waals surface area (Å²) in [5.41, 5.74) is -9.61. The third-order valence-corrected chi connectivity index (χ3v) is 9.23. The van der Waals surface area contributed by atoms with Gasteiger partial charge in [-0.2, -0.15) is 0 Å². The number of aliphatic hydroxyl groups is 3. The number of carbonyl (C=O) groups excluding carboxylic acids is 4. The molecule has 2 spiro atoms. The number of rotatable bonds is 1. The Balaban J connectivity index is 1.74. The first-order valence-electron chi connectivity index (χ1n) is 11.2. The van der Waals surface area contributed by atoms with E-state index in [9.17, 15) is 34.5 Å². The lowest BCUT2D eigenvalue weighted by Gasteiger charge is -2.47. The molecule has 4 saturated heterocycles. The summed E-state index contributed by atoms with van der Waals surface area (Å²) >= 11 is 0. The number of hydrogen-bond donors (Lipinski definition) is 3. The van der Waals surface area contributed by atoms with Crippen LogP contribution < -0.4 is 0 Å². The van der Waals surface area contributed by atoms with Gasteiger partial charge >= 0.3 is 23.9 Å². The van der Waals surface area contributed by atoms with Crippen LogP contribution in [0.4, 0.5) is 0 Å². The Labute approximate surface area is 193 Å². The maximum atomic E-state index is 13.6. The highest BCUT2D eigenvalue weighted by molar-refractivity contribution is 5.94.